The van der Waals surface area contributed by atoms with Gasteiger partial charge in [-0.2, -0.15) is 0 Å². The van der Waals surface area contributed by atoms with Gasteiger partial charge in [-0.25, -0.2) is 22.9 Å². The van der Waals surface area contributed by atoms with Crippen molar-refractivity contribution >= 4 is 27.3 Å². The second kappa shape index (κ2) is 5.73. The average molecular weight is 315 g/mol. The molecule has 0 aliphatic heterocycles. The Morgan fingerprint density at radius 1 is 1.55 bits per heavy atom. The molecule has 0 aromatic carbocycles. The van der Waals surface area contributed by atoms with Gasteiger partial charge in [0, 0.05) is 37.8 Å². The minimum absolute atomic E-state index is 0.00487. The van der Waals surface area contributed by atoms with E-state index in [2.05, 4.69) is 9.71 Å². The number of nitrogens with zero attached hydrogens (tertiary/aromatic N) is 2. The van der Waals surface area contributed by atoms with Gasteiger partial charge in [-0.3, -0.25) is 0 Å². The molecule has 0 aliphatic carbocycles. The first-order valence-electron chi connectivity index (χ1n) is 5.68. The van der Waals surface area contributed by atoms with Crippen molar-refractivity contribution in [1.82, 2.24) is 14.3 Å². The number of carbonyl (C=O) groups is 1. The zero-order valence-electron chi connectivity index (χ0n) is 10.6. The molecule has 108 valence electrons. The molecule has 2 rings (SSSR count). The van der Waals surface area contributed by atoms with Gasteiger partial charge < -0.3 is 9.67 Å². The number of hydrogen-bond acceptors (Lipinski definition) is 5. The molecule has 2 aromatic rings. The zero-order valence-corrected chi connectivity index (χ0v) is 12.2. The molecule has 2 heterocycles. The molecule has 0 atom stereocenters. The zero-order chi connectivity index (χ0) is 14.8. The van der Waals surface area contributed by atoms with Crippen LogP contribution < -0.4 is 4.72 Å². The van der Waals surface area contributed by atoms with Crippen LogP contribution in [0.3, 0.4) is 0 Å². The predicted molar refractivity (Wildman–Crippen MR) is 73.4 cm³/mol. The van der Waals surface area contributed by atoms with Gasteiger partial charge in [-0.15, -0.1) is 11.3 Å². The topological polar surface area (TPSA) is 101 Å². The molecule has 0 bridgehead atoms. The number of carboxylic acids is 1. The molecule has 0 aliphatic rings. The summed E-state index contributed by atoms with van der Waals surface area (Å²) in [5, 5.41) is 10.1. The number of aromatic carboxylic acids is 1. The molecule has 0 unspecified atom stereocenters. The van der Waals surface area contributed by atoms with Crippen LogP contribution in [0.4, 0.5) is 0 Å². The number of rotatable bonds is 6. The molecular formula is C11H13N3O4S2. The number of sulfonamides is 1. The lowest BCUT2D eigenvalue weighted by atomic mass is 10.4. The predicted octanol–water partition coefficient (Wildman–Crippen LogP) is 0.701. The Labute approximate surface area is 119 Å². The van der Waals surface area contributed by atoms with Crippen molar-refractivity contribution in [1.29, 1.82) is 0 Å². The summed E-state index contributed by atoms with van der Waals surface area (Å²) in [5.74, 6) is -0.374. The second-order valence-electron chi connectivity index (χ2n) is 4.06. The highest BCUT2D eigenvalue weighted by Gasteiger charge is 2.18. The Morgan fingerprint density at radius 2 is 2.30 bits per heavy atom. The maximum atomic E-state index is 12.0. The van der Waals surface area contributed by atoms with Gasteiger partial charge in [0.2, 0.25) is 10.0 Å². The fraction of sp³-hybridized carbons (Fsp3) is 0.273. The van der Waals surface area contributed by atoms with Crippen molar-refractivity contribution in [3.63, 3.8) is 0 Å². The van der Waals surface area contributed by atoms with Crippen molar-refractivity contribution in [2.24, 2.45) is 7.05 Å². The fourth-order valence-electron chi connectivity index (χ4n) is 1.58. The molecular weight excluding hydrogens is 302 g/mol. The summed E-state index contributed by atoms with van der Waals surface area (Å²) in [6.45, 7) is 0.202. The van der Waals surface area contributed by atoms with E-state index >= 15 is 0 Å². The molecule has 9 heteroatoms. The Balaban J connectivity index is 2.00. The number of imidazole rings is 1. The van der Waals surface area contributed by atoms with Gasteiger partial charge in [-0.05, 0) is 6.07 Å². The van der Waals surface area contributed by atoms with Crippen LogP contribution >= 0.6 is 11.3 Å². The van der Waals surface area contributed by atoms with E-state index in [4.69, 9.17) is 5.11 Å². The minimum atomic E-state index is -3.67. The monoisotopic (exact) mass is 315 g/mol. The molecule has 2 aromatic heterocycles. The van der Waals surface area contributed by atoms with E-state index in [-0.39, 0.29) is 16.3 Å². The summed E-state index contributed by atoms with van der Waals surface area (Å²) < 4.78 is 28.2. The van der Waals surface area contributed by atoms with Crippen LogP contribution in [0, 0.1) is 0 Å². The van der Waals surface area contributed by atoms with Crippen molar-refractivity contribution in [2.45, 2.75) is 10.6 Å². The summed E-state index contributed by atoms with van der Waals surface area (Å²) in [4.78, 5) is 14.8. The summed E-state index contributed by atoms with van der Waals surface area (Å²) in [5.41, 5.74) is -0.0283. The van der Waals surface area contributed by atoms with Crippen molar-refractivity contribution in [3.8, 4) is 0 Å². The number of aryl methyl sites for hydroxylation is 1. The van der Waals surface area contributed by atoms with E-state index in [1.165, 1.54) is 5.38 Å². The van der Waals surface area contributed by atoms with Gasteiger partial charge >= 0.3 is 5.97 Å². The first-order chi connectivity index (χ1) is 9.40. The maximum Gasteiger partial charge on any atom is 0.336 e. The van der Waals surface area contributed by atoms with Crippen LogP contribution in [0.1, 0.15) is 16.2 Å². The van der Waals surface area contributed by atoms with Crippen LogP contribution in [0.15, 0.2) is 28.0 Å². The molecule has 0 saturated heterocycles. The molecule has 7 nitrogen and oxygen atoms in total. The first kappa shape index (κ1) is 14.7. The molecule has 0 radical (unpaired) electrons. The molecule has 0 amide bonds. The number of nitrogens with one attached hydrogen (secondary N) is 1. The summed E-state index contributed by atoms with van der Waals surface area (Å²) in [7, 11) is -1.84. The van der Waals surface area contributed by atoms with Gasteiger partial charge in [0.1, 0.15) is 10.0 Å². The van der Waals surface area contributed by atoms with Crippen molar-refractivity contribution < 1.29 is 18.3 Å². The molecule has 0 fully saturated rings. The van der Waals surface area contributed by atoms with Crippen molar-refractivity contribution in [3.05, 3.63) is 35.2 Å². The average Bonchev–Trinajstić information content (AvgIpc) is 2.99. The third kappa shape index (κ3) is 3.24. The summed E-state index contributed by atoms with van der Waals surface area (Å²) in [6.07, 6.45) is 3.88. The van der Waals surface area contributed by atoms with E-state index < -0.39 is 16.0 Å². The quantitative estimate of drug-likeness (QED) is 0.817. The minimum Gasteiger partial charge on any atom is -0.478 e. The van der Waals surface area contributed by atoms with E-state index in [1.54, 1.807) is 12.4 Å². The summed E-state index contributed by atoms with van der Waals surface area (Å²) in [6, 6.07) is 1.15. The normalized spacial score (nSPS) is 11.7. The number of thiophene rings is 1. The van der Waals surface area contributed by atoms with Gasteiger partial charge in [0.05, 0.1) is 5.56 Å². The Morgan fingerprint density at radius 3 is 2.85 bits per heavy atom. The van der Waals surface area contributed by atoms with E-state index in [0.717, 1.165) is 23.2 Å². The van der Waals surface area contributed by atoms with Crippen LogP contribution in [0.2, 0.25) is 0 Å². The Hall–Kier alpha value is -1.71. The number of hydrogen-bond donors (Lipinski definition) is 2. The lowest BCUT2D eigenvalue weighted by molar-refractivity contribution is 0.0697. The van der Waals surface area contributed by atoms with E-state index in [0.29, 0.717) is 6.42 Å². The smallest absolute Gasteiger partial charge is 0.336 e. The lowest BCUT2D eigenvalue weighted by Crippen LogP contribution is -2.26. The number of aromatic nitrogens is 2. The maximum absolute atomic E-state index is 12.0. The van der Waals surface area contributed by atoms with Crippen LogP contribution in [0.5, 0.6) is 0 Å². The highest BCUT2D eigenvalue weighted by molar-refractivity contribution is 7.91. The highest BCUT2D eigenvalue weighted by atomic mass is 32.2. The first-order valence-corrected chi connectivity index (χ1v) is 8.04. The fourth-order valence-corrected chi connectivity index (χ4v) is 3.81. The standard InChI is InChI=1S/C11H13N3O4S2/c1-14-5-4-12-9(14)2-3-13-20(17,18)10-6-8(7-19-10)11(15)16/h4-7,13H,2-3H2,1H3,(H,15,16). The van der Waals surface area contributed by atoms with Crippen LogP contribution in [-0.2, 0) is 23.5 Å². The number of carboxylic acid groups (broad SMARTS) is 1. The van der Waals surface area contributed by atoms with E-state index in [9.17, 15) is 13.2 Å². The Kier molecular flexibility index (Phi) is 4.21. The Bertz CT molecular complexity index is 718. The second-order valence-corrected chi connectivity index (χ2v) is 6.97. The van der Waals surface area contributed by atoms with Gasteiger partial charge in [0.25, 0.3) is 0 Å². The third-order valence-electron chi connectivity index (χ3n) is 2.65. The SMILES string of the molecule is Cn1ccnc1CCNS(=O)(=O)c1cc(C(=O)O)cs1. The van der Waals surface area contributed by atoms with Gasteiger partial charge in [-0.1, -0.05) is 0 Å². The molecule has 0 spiro atoms. The van der Waals surface area contributed by atoms with E-state index in [1.807, 2.05) is 11.6 Å². The highest BCUT2D eigenvalue weighted by Crippen LogP contribution is 2.19. The van der Waals surface area contributed by atoms with Crippen LogP contribution in [0.25, 0.3) is 0 Å². The lowest BCUT2D eigenvalue weighted by Gasteiger charge is -2.04. The largest absolute Gasteiger partial charge is 0.478 e. The third-order valence-corrected chi connectivity index (χ3v) is 5.55. The molecule has 20 heavy (non-hydrogen) atoms. The van der Waals surface area contributed by atoms with Crippen molar-refractivity contribution in [2.75, 3.05) is 6.54 Å². The molecule has 2 N–H and O–H groups in total. The van der Waals surface area contributed by atoms with Crippen LogP contribution in [-0.4, -0.2) is 35.6 Å². The summed E-state index contributed by atoms with van der Waals surface area (Å²) >= 11 is 0.884. The molecule has 0 saturated carbocycles. The van der Waals surface area contributed by atoms with Gasteiger partial charge in [0.15, 0.2) is 0 Å².